The van der Waals surface area contributed by atoms with Crippen LogP contribution in [0, 0.1) is 0 Å². The Balaban J connectivity index is 1.58. The van der Waals surface area contributed by atoms with E-state index >= 15 is 0 Å². The molecule has 1 amide bonds. The van der Waals surface area contributed by atoms with E-state index < -0.39 is 0 Å². The van der Waals surface area contributed by atoms with E-state index in [1.165, 1.54) is 35.0 Å². The number of carbonyl (C=O) groups is 1. The smallest absolute Gasteiger partial charge is 0.262 e. The summed E-state index contributed by atoms with van der Waals surface area (Å²) in [5.41, 5.74) is 1.26. The third kappa shape index (κ3) is 3.44. The van der Waals surface area contributed by atoms with Crippen LogP contribution in [-0.2, 0) is 24.7 Å². The second-order valence-electron chi connectivity index (χ2n) is 7.87. The van der Waals surface area contributed by atoms with E-state index in [0.717, 1.165) is 42.3 Å². The number of thioether (sulfide) groups is 1. The summed E-state index contributed by atoms with van der Waals surface area (Å²) in [5, 5.41) is 1.46. The third-order valence-corrected chi connectivity index (χ3v) is 8.16. The van der Waals surface area contributed by atoms with Crippen LogP contribution in [0.2, 0.25) is 0 Å². The second-order valence-corrected chi connectivity index (χ2v) is 9.89. The molecule has 1 aliphatic carbocycles. The maximum atomic E-state index is 13.0. The van der Waals surface area contributed by atoms with Gasteiger partial charge in [-0.15, -0.1) is 11.3 Å². The predicted molar refractivity (Wildman–Crippen MR) is 112 cm³/mol. The van der Waals surface area contributed by atoms with Crippen molar-refractivity contribution < 1.29 is 4.79 Å². The van der Waals surface area contributed by atoms with Gasteiger partial charge in [-0.1, -0.05) is 11.8 Å². The zero-order chi connectivity index (χ0) is 19.1. The molecular formula is C20H27N3O2S2. The highest BCUT2D eigenvalue weighted by molar-refractivity contribution is 7.99. The molecule has 0 N–H and O–H groups in total. The number of fused-ring (bicyclic) bond motifs is 3. The highest BCUT2D eigenvalue weighted by Gasteiger charge is 2.29. The first-order valence-electron chi connectivity index (χ1n) is 9.92. The summed E-state index contributed by atoms with van der Waals surface area (Å²) in [4.78, 5) is 34.7. The summed E-state index contributed by atoms with van der Waals surface area (Å²) in [6, 6.07) is 0.593. The number of hydrogen-bond donors (Lipinski definition) is 0. The highest BCUT2D eigenvalue weighted by atomic mass is 32.2. The van der Waals surface area contributed by atoms with E-state index in [1.807, 2.05) is 4.90 Å². The van der Waals surface area contributed by atoms with Gasteiger partial charge in [0.25, 0.3) is 5.56 Å². The fourth-order valence-corrected chi connectivity index (χ4v) is 6.65. The van der Waals surface area contributed by atoms with Crippen LogP contribution in [0.5, 0.6) is 0 Å². The molecule has 5 nitrogen and oxygen atoms in total. The summed E-state index contributed by atoms with van der Waals surface area (Å²) < 4.78 is 1.63. The first-order valence-corrected chi connectivity index (χ1v) is 11.7. The van der Waals surface area contributed by atoms with E-state index in [9.17, 15) is 9.59 Å². The van der Waals surface area contributed by atoms with Crippen LogP contribution in [0.4, 0.5) is 0 Å². The summed E-state index contributed by atoms with van der Waals surface area (Å²) in [7, 11) is 1.78. The Morgan fingerprint density at radius 1 is 1.19 bits per heavy atom. The minimum atomic E-state index is 0.0362. The fourth-order valence-electron chi connectivity index (χ4n) is 4.51. The van der Waals surface area contributed by atoms with Crippen LogP contribution in [0.1, 0.15) is 56.4 Å². The van der Waals surface area contributed by atoms with Gasteiger partial charge in [0.1, 0.15) is 4.83 Å². The Kier molecular flexibility index (Phi) is 5.34. The van der Waals surface area contributed by atoms with Gasteiger partial charge in [0.2, 0.25) is 5.91 Å². The Hall–Kier alpha value is -1.34. The lowest BCUT2D eigenvalue weighted by Crippen LogP contribution is -2.48. The second kappa shape index (κ2) is 7.59. The van der Waals surface area contributed by atoms with Crippen molar-refractivity contribution in [3.63, 3.8) is 0 Å². The van der Waals surface area contributed by atoms with Crippen LogP contribution < -0.4 is 5.56 Å². The summed E-state index contributed by atoms with van der Waals surface area (Å²) in [6.07, 6.45) is 7.73. The lowest BCUT2D eigenvalue weighted by atomic mass is 9.97. The van der Waals surface area contributed by atoms with Gasteiger partial charge >= 0.3 is 0 Å². The van der Waals surface area contributed by atoms with Crippen molar-refractivity contribution in [1.82, 2.24) is 14.5 Å². The molecule has 1 fully saturated rings. The van der Waals surface area contributed by atoms with E-state index in [4.69, 9.17) is 4.98 Å². The van der Waals surface area contributed by atoms with Crippen molar-refractivity contribution in [1.29, 1.82) is 0 Å². The molecule has 0 aromatic carbocycles. The normalized spacial score (nSPS) is 22.9. The third-order valence-electron chi connectivity index (χ3n) is 5.96. The number of carbonyl (C=O) groups excluding carboxylic acids is 1. The largest absolute Gasteiger partial charge is 0.337 e. The number of likely N-dealkylation sites (tertiary alicyclic amines) is 1. The van der Waals surface area contributed by atoms with Gasteiger partial charge in [-0.3, -0.25) is 14.2 Å². The van der Waals surface area contributed by atoms with Crippen LogP contribution in [-0.4, -0.2) is 38.2 Å². The molecule has 2 atom stereocenters. The van der Waals surface area contributed by atoms with E-state index in [0.29, 0.717) is 23.0 Å². The minimum Gasteiger partial charge on any atom is -0.337 e. The molecule has 0 spiro atoms. The number of thiophene rings is 1. The van der Waals surface area contributed by atoms with Crippen molar-refractivity contribution in [3.05, 3.63) is 20.8 Å². The Morgan fingerprint density at radius 3 is 2.63 bits per heavy atom. The quantitative estimate of drug-likeness (QED) is 0.576. The van der Waals surface area contributed by atoms with Gasteiger partial charge in [0.15, 0.2) is 5.16 Å². The monoisotopic (exact) mass is 405 g/mol. The van der Waals surface area contributed by atoms with Gasteiger partial charge in [-0.25, -0.2) is 4.98 Å². The molecule has 2 aliphatic rings. The number of nitrogens with zero attached hydrogens (tertiary/aromatic N) is 3. The number of amides is 1. The molecule has 27 heavy (non-hydrogen) atoms. The highest BCUT2D eigenvalue weighted by Crippen LogP contribution is 2.34. The average molecular weight is 406 g/mol. The van der Waals surface area contributed by atoms with Crippen molar-refractivity contribution in [2.45, 2.75) is 76.0 Å². The zero-order valence-electron chi connectivity index (χ0n) is 16.3. The molecule has 2 aromatic rings. The molecule has 0 saturated carbocycles. The van der Waals surface area contributed by atoms with E-state index in [2.05, 4.69) is 13.8 Å². The molecule has 0 bridgehead atoms. The SMILES string of the molecule is C[C@@H]1CCC[C@@H](C)N1C(=O)CSc1nc2sc3c(c2c(=O)n1C)CCCC3. The fraction of sp³-hybridized carbons (Fsp3) is 0.650. The molecule has 4 rings (SSSR count). The number of piperidine rings is 1. The maximum Gasteiger partial charge on any atom is 0.262 e. The first-order chi connectivity index (χ1) is 13.0. The standard InChI is InChI=1S/C20H27N3O2S2/c1-12-7-6-8-13(2)23(12)16(24)11-26-20-21-18-17(19(25)22(20)3)14-9-4-5-10-15(14)27-18/h12-13H,4-11H2,1-3H3/t12-,13-/m1/s1. The lowest BCUT2D eigenvalue weighted by Gasteiger charge is -2.39. The van der Waals surface area contributed by atoms with Gasteiger partial charge in [-0.05, 0) is 64.4 Å². The molecule has 0 unspecified atom stereocenters. The topological polar surface area (TPSA) is 55.2 Å². The van der Waals surface area contributed by atoms with Crippen LogP contribution in [0.25, 0.3) is 10.2 Å². The Bertz CT molecular complexity index is 923. The average Bonchev–Trinajstić information content (AvgIpc) is 3.01. The van der Waals surface area contributed by atoms with E-state index in [1.54, 1.807) is 23.0 Å². The molecule has 1 aliphatic heterocycles. The van der Waals surface area contributed by atoms with Crippen molar-refractivity contribution in [2.75, 3.05) is 5.75 Å². The van der Waals surface area contributed by atoms with Crippen LogP contribution in [0.15, 0.2) is 9.95 Å². The summed E-state index contributed by atoms with van der Waals surface area (Å²) >= 11 is 3.06. The molecular weight excluding hydrogens is 378 g/mol. The number of aryl methyl sites for hydroxylation is 2. The van der Waals surface area contributed by atoms with Gasteiger partial charge in [-0.2, -0.15) is 0 Å². The first kappa shape index (κ1) is 19.0. The molecule has 2 aromatic heterocycles. The Morgan fingerprint density at radius 2 is 1.89 bits per heavy atom. The molecule has 0 radical (unpaired) electrons. The molecule has 3 heterocycles. The zero-order valence-corrected chi connectivity index (χ0v) is 17.9. The van der Waals surface area contributed by atoms with Crippen molar-refractivity contribution >= 4 is 39.2 Å². The van der Waals surface area contributed by atoms with Crippen molar-refractivity contribution in [2.24, 2.45) is 7.05 Å². The van der Waals surface area contributed by atoms with Crippen LogP contribution >= 0.6 is 23.1 Å². The molecule has 146 valence electrons. The number of aromatic nitrogens is 2. The number of rotatable bonds is 3. The Labute approximate surface area is 168 Å². The van der Waals surface area contributed by atoms with Crippen LogP contribution in [0.3, 0.4) is 0 Å². The predicted octanol–water partition coefficient (Wildman–Crippen LogP) is 3.76. The maximum absolute atomic E-state index is 13.0. The number of hydrogen-bond acceptors (Lipinski definition) is 5. The van der Waals surface area contributed by atoms with Gasteiger partial charge < -0.3 is 4.90 Å². The van der Waals surface area contributed by atoms with E-state index in [-0.39, 0.29) is 11.5 Å². The van der Waals surface area contributed by atoms with Crippen molar-refractivity contribution in [3.8, 4) is 0 Å². The summed E-state index contributed by atoms with van der Waals surface area (Å²) in [5.74, 6) is 0.491. The summed E-state index contributed by atoms with van der Waals surface area (Å²) in [6.45, 7) is 4.27. The lowest BCUT2D eigenvalue weighted by molar-refractivity contribution is -0.134. The van der Waals surface area contributed by atoms with Gasteiger partial charge in [0, 0.05) is 24.0 Å². The minimum absolute atomic E-state index is 0.0362. The molecule has 1 saturated heterocycles. The molecule has 7 heteroatoms. The van der Waals surface area contributed by atoms with Gasteiger partial charge in [0.05, 0.1) is 11.1 Å².